The van der Waals surface area contributed by atoms with E-state index in [0.717, 1.165) is 26.2 Å². The third-order valence-corrected chi connectivity index (χ3v) is 22.7. The van der Waals surface area contributed by atoms with Gasteiger partial charge in [0, 0.05) is 0 Å². The van der Waals surface area contributed by atoms with Crippen LogP contribution in [0.25, 0.3) is 0 Å². The van der Waals surface area contributed by atoms with Crippen molar-refractivity contribution in [1.82, 2.24) is 0 Å². The summed E-state index contributed by atoms with van der Waals surface area (Å²) in [6.07, 6.45) is 5.14. The third-order valence-electron chi connectivity index (χ3n) is 10.1. The molecule has 0 bridgehead atoms. The van der Waals surface area contributed by atoms with Gasteiger partial charge in [-0.2, -0.15) is 0 Å². The maximum atomic E-state index is 2.67. The monoisotopic (exact) mass is 940 g/mol. The normalized spacial score (nSPS) is 15.6. The summed E-state index contributed by atoms with van der Waals surface area (Å²) >= 11 is -0.789. The molecule has 0 N–H and O–H groups in total. The van der Waals surface area contributed by atoms with E-state index in [0.29, 0.717) is 0 Å². The van der Waals surface area contributed by atoms with Gasteiger partial charge in [-0.3, -0.25) is 0 Å². The molecule has 0 fully saturated rings. The fourth-order valence-electron chi connectivity index (χ4n) is 7.42. The molecule has 4 aliphatic heterocycles. The van der Waals surface area contributed by atoms with E-state index in [4.69, 9.17) is 0 Å². The number of rotatable bonds is 14. The van der Waals surface area contributed by atoms with Crippen LogP contribution in [0.15, 0.2) is 97.1 Å². The average Bonchev–Trinajstić information content (AvgIpc) is 3.96. The standard InChI is InChI=1S/2C20H26Ge2N4/c2*1-3-23-17-11-5-7-13-19(17)25(21-23)15-9-10-16-26-20-14-8-6-12-18(20)24(4-2)22-26/h2*5-8,11-14H,3-4,9-10,15-16H2,1-2H3. The second-order valence-electron chi connectivity index (χ2n) is 13.4. The fraction of sp³-hybridized carbons (Fsp3) is 0.400. The second kappa shape index (κ2) is 18.2. The van der Waals surface area contributed by atoms with E-state index in [2.05, 4.69) is 156 Å². The van der Waals surface area contributed by atoms with E-state index in [1.807, 2.05) is 0 Å². The number of nitrogens with zero attached hydrogens (tertiary/aromatic N) is 8. The molecule has 4 aromatic carbocycles. The zero-order chi connectivity index (χ0) is 35.9. The molecule has 0 atom stereocenters. The molecule has 0 amide bonds. The van der Waals surface area contributed by atoms with Crippen molar-refractivity contribution in [3.8, 4) is 0 Å². The molecular formula is C40H52Ge4N8. The molecule has 0 unspecified atom stereocenters. The predicted molar refractivity (Wildman–Crippen MR) is 229 cm³/mol. The van der Waals surface area contributed by atoms with Gasteiger partial charge in [-0.1, -0.05) is 0 Å². The Morgan fingerprint density at radius 2 is 0.462 bits per heavy atom. The van der Waals surface area contributed by atoms with E-state index in [9.17, 15) is 0 Å². The molecule has 8 nitrogen and oxygen atoms in total. The molecular weight excluding hydrogens is 883 g/mol. The van der Waals surface area contributed by atoms with Crippen LogP contribution in [0, 0.1) is 0 Å². The summed E-state index contributed by atoms with van der Waals surface area (Å²) in [6, 6.07) is 35.8. The van der Waals surface area contributed by atoms with Gasteiger partial charge in [0.1, 0.15) is 0 Å². The molecule has 4 aromatic rings. The molecule has 0 spiro atoms. The Labute approximate surface area is 340 Å². The van der Waals surface area contributed by atoms with Crippen molar-refractivity contribution in [2.45, 2.75) is 53.4 Å². The first-order valence-electron chi connectivity index (χ1n) is 19.2. The van der Waals surface area contributed by atoms with Crippen molar-refractivity contribution in [2.24, 2.45) is 0 Å². The molecule has 52 heavy (non-hydrogen) atoms. The first kappa shape index (κ1) is 37.8. The topological polar surface area (TPSA) is 25.9 Å². The van der Waals surface area contributed by atoms with Gasteiger partial charge in [0.25, 0.3) is 0 Å². The Bertz CT molecular complexity index is 1510. The van der Waals surface area contributed by atoms with Crippen LogP contribution >= 0.6 is 0 Å². The van der Waals surface area contributed by atoms with Crippen LogP contribution in [0.1, 0.15) is 53.4 Å². The first-order valence-corrected chi connectivity index (χ1v) is 26.8. The second-order valence-corrected chi connectivity index (χ2v) is 24.1. The SMILES string of the molecule is CC[N]1[Ge][N](CCCC[N]2[Ge][N](CC)c3ccccc32)c2ccccc21.CC[N]1[Ge][N](CCCC[N]2[Ge][N](CC)c3ccccc32)c2ccccc21. The van der Waals surface area contributed by atoms with Gasteiger partial charge in [-0.05, 0) is 0 Å². The summed E-state index contributed by atoms with van der Waals surface area (Å²) in [6.45, 7) is 18.5. The first-order chi connectivity index (χ1) is 25.6. The van der Waals surface area contributed by atoms with E-state index in [-0.39, 0.29) is 63.5 Å². The quantitative estimate of drug-likeness (QED) is 0.0982. The van der Waals surface area contributed by atoms with Gasteiger partial charge in [-0.25, -0.2) is 0 Å². The van der Waals surface area contributed by atoms with Gasteiger partial charge in [-0.15, -0.1) is 0 Å². The number of benzene rings is 4. The van der Waals surface area contributed by atoms with Crippen LogP contribution in [-0.4, -0.2) is 116 Å². The molecule has 268 valence electrons. The van der Waals surface area contributed by atoms with Crippen molar-refractivity contribution in [1.29, 1.82) is 0 Å². The van der Waals surface area contributed by atoms with Gasteiger partial charge >= 0.3 is 343 Å². The van der Waals surface area contributed by atoms with E-state index < -0.39 is 0 Å². The van der Waals surface area contributed by atoms with Crippen molar-refractivity contribution < 1.29 is 0 Å². The number of fused-ring (bicyclic) bond motifs is 4. The summed E-state index contributed by atoms with van der Waals surface area (Å²) in [5, 5.41) is 0. The Hall–Kier alpha value is -2.55. The van der Waals surface area contributed by atoms with Crippen LogP contribution in [0.4, 0.5) is 45.5 Å². The molecule has 0 saturated carbocycles. The van der Waals surface area contributed by atoms with Crippen molar-refractivity contribution in [3.05, 3.63) is 97.1 Å². The van der Waals surface area contributed by atoms with E-state index >= 15 is 0 Å². The Kier molecular flexibility index (Phi) is 13.2. The van der Waals surface area contributed by atoms with Gasteiger partial charge in [0.2, 0.25) is 0 Å². The minimum absolute atomic E-state index is 0.197. The van der Waals surface area contributed by atoms with Crippen LogP contribution in [0.2, 0.25) is 0 Å². The number of hydrogen-bond acceptors (Lipinski definition) is 8. The number of anilines is 8. The van der Waals surface area contributed by atoms with Crippen molar-refractivity contribution in [3.63, 3.8) is 0 Å². The van der Waals surface area contributed by atoms with Crippen LogP contribution in [-0.2, 0) is 0 Å². The molecule has 0 aliphatic carbocycles. The Morgan fingerprint density at radius 3 is 0.635 bits per heavy atom. The third kappa shape index (κ3) is 8.24. The Balaban J connectivity index is 0.000000162. The van der Waals surface area contributed by atoms with Gasteiger partial charge < -0.3 is 0 Å². The number of unbranched alkanes of at least 4 members (excludes halogenated alkanes) is 2. The van der Waals surface area contributed by atoms with E-state index in [1.54, 1.807) is 0 Å². The molecule has 8 radical (unpaired) electrons. The number of para-hydroxylation sites is 8. The summed E-state index contributed by atoms with van der Waals surface area (Å²) in [5.41, 5.74) is 11.7. The van der Waals surface area contributed by atoms with Crippen molar-refractivity contribution in [2.75, 3.05) is 83.2 Å². The summed E-state index contributed by atoms with van der Waals surface area (Å²) in [5.74, 6) is 0. The summed E-state index contributed by atoms with van der Waals surface area (Å²) in [7, 11) is 0. The van der Waals surface area contributed by atoms with Gasteiger partial charge in [0.05, 0.1) is 0 Å². The van der Waals surface area contributed by atoms with Crippen molar-refractivity contribution >= 4 is 109 Å². The van der Waals surface area contributed by atoms with E-state index in [1.165, 1.54) is 97.4 Å². The van der Waals surface area contributed by atoms with Gasteiger partial charge in [0.15, 0.2) is 0 Å². The minimum atomic E-state index is -0.197. The predicted octanol–water partition coefficient (Wildman–Crippen LogP) is 7.06. The zero-order valence-corrected chi connectivity index (χ0v) is 39.7. The molecule has 12 heteroatoms. The van der Waals surface area contributed by atoms with Crippen LogP contribution < -0.4 is 30.9 Å². The maximum absolute atomic E-state index is 2.67. The molecule has 0 aromatic heterocycles. The molecule has 4 aliphatic rings. The number of hydrogen-bond donors (Lipinski definition) is 0. The zero-order valence-electron chi connectivity index (χ0n) is 31.3. The molecule has 8 rings (SSSR count). The molecule has 4 heterocycles. The Morgan fingerprint density at radius 1 is 0.288 bits per heavy atom. The summed E-state index contributed by atoms with van der Waals surface area (Å²) in [4.78, 5) is 0. The fourth-order valence-corrected chi connectivity index (χ4v) is 18.2. The van der Waals surface area contributed by atoms with Crippen LogP contribution in [0.5, 0.6) is 0 Å². The van der Waals surface area contributed by atoms with Crippen LogP contribution in [0.3, 0.4) is 0 Å². The molecule has 0 saturated heterocycles. The average molecular weight is 935 g/mol. The summed E-state index contributed by atoms with van der Waals surface area (Å²) < 4.78 is 21.1.